The third kappa shape index (κ3) is 3.72. The number of para-hydroxylation sites is 1. The summed E-state index contributed by atoms with van der Waals surface area (Å²) in [5.41, 5.74) is 0.555. The molecule has 0 unspecified atom stereocenters. The van der Waals surface area contributed by atoms with Gasteiger partial charge >= 0.3 is 5.82 Å². The van der Waals surface area contributed by atoms with E-state index in [1.54, 1.807) is 37.4 Å². The largest absolute Gasteiger partial charge is 0.469 e. The average Bonchev–Trinajstić information content (AvgIpc) is 3.07. The van der Waals surface area contributed by atoms with Crippen LogP contribution < -0.4 is 10.3 Å². The number of H-pyrrole nitrogens is 1. The second kappa shape index (κ2) is 7.93. The van der Waals surface area contributed by atoms with Crippen LogP contribution in [-0.2, 0) is 6.73 Å². The second-order valence-corrected chi connectivity index (χ2v) is 6.38. The number of aromatic amines is 1. The van der Waals surface area contributed by atoms with E-state index in [0.717, 1.165) is 0 Å². The van der Waals surface area contributed by atoms with Crippen LogP contribution in [-0.4, -0.2) is 30.9 Å². The summed E-state index contributed by atoms with van der Waals surface area (Å²) in [6, 6.07) is 10.0. The summed E-state index contributed by atoms with van der Waals surface area (Å²) in [6.07, 6.45) is 1.75. The molecule has 1 aromatic carbocycles. The Bertz CT molecular complexity index is 1150. The van der Waals surface area contributed by atoms with Gasteiger partial charge in [-0.3, -0.25) is 4.79 Å². The second-order valence-electron chi connectivity index (χ2n) is 5.58. The van der Waals surface area contributed by atoms with Crippen molar-refractivity contribution in [3.63, 3.8) is 0 Å². The van der Waals surface area contributed by atoms with Gasteiger partial charge in [0, 0.05) is 5.56 Å². The number of benzene rings is 1. The minimum atomic E-state index is -0.583. The molecule has 2 heterocycles. The van der Waals surface area contributed by atoms with Crippen molar-refractivity contribution in [1.82, 2.24) is 19.7 Å². The lowest BCUT2D eigenvalue weighted by Gasteiger charge is -2.12. The normalized spacial score (nSPS) is 10.5. The fourth-order valence-electron chi connectivity index (χ4n) is 2.48. The molecular weight excluding hydrogens is 384 g/mol. The van der Waals surface area contributed by atoms with Gasteiger partial charge in [-0.15, -0.1) is 4.68 Å². The zero-order valence-electron chi connectivity index (χ0n) is 14.9. The molecule has 0 saturated heterocycles. The molecule has 0 aliphatic heterocycles. The van der Waals surface area contributed by atoms with Gasteiger partial charge in [0.15, 0.2) is 5.16 Å². The minimum Gasteiger partial charge on any atom is -0.469 e. The first-order valence-electron chi connectivity index (χ1n) is 7.94. The molecule has 0 atom stereocenters. The summed E-state index contributed by atoms with van der Waals surface area (Å²) in [5.74, 6) is 0.0868. The van der Waals surface area contributed by atoms with Gasteiger partial charge < -0.3 is 19.8 Å². The number of hydrogen-bond donors (Lipinski definition) is 1. The number of nitrogens with zero attached hydrogens (tertiary/aromatic N) is 5. The van der Waals surface area contributed by atoms with E-state index in [1.807, 2.05) is 6.07 Å². The highest BCUT2D eigenvalue weighted by atomic mass is 32.2. The standard InChI is InChI=1S/C17H14N6O4S/c1-10-7-14(23(25)26)21-22(10)9-27-13-6-4-3-5-11(13)15-12(8-18)16(24)20-17(19-15)28-2/h3-7H,9H2,1-2H3,(H,19,20,24). The predicted octanol–water partition coefficient (Wildman–Crippen LogP) is 2.48. The Hall–Kier alpha value is -3.65. The van der Waals surface area contributed by atoms with Crippen LogP contribution in [0.2, 0.25) is 0 Å². The van der Waals surface area contributed by atoms with Crippen LogP contribution in [0.5, 0.6) is 5.75 Å². The number of rotatable bonds is 6. The van der Waals surface area contributed by atoms with E-state index < -0.39 is 10.5 Å². The summed E-state index contributed by atoms with van der Waals surface area (Å²) in [4.78, 5) is 29.3. The zero-order chi connectivity index (χ0) is 20.3. The molecule has 2 aromatic heterocycles. The van der Waals surface area contributed by atoms with Crippen LogP contribution in [0.1, 0.15) is 11.3 Å². The molecule has 142 valence electrons. The summed E-state index contributed by atoms with van der Waals surface area (Å²) in [6.45, 7) is 1.59. The Balaban J connectivity index is 1.99. The zero-order valence-corrected chi connectivity index (χ0v) is 15.7. The molecule has 0 bridgehead atoms. The maximum atomic E-state index is 12.2. The monoisotopic (exact) mass is 398 g/mol. The van der Waals surface area contributed by atoms with Crippen molar-refractivity contribution < 1.29 is 9.66 Å². The number of aryl methyl sites for hydroxylation is 1. The van der Waals surface area contributed by atoms with Crippen molar-refractivity contribution in [3.8, 4) is 23.1 Å². The van der Waals surface area contributed by atoms with Gasteiger partial charge in [0.05, 0.1) is 16.9 Å². The summed E-state index contributed by atoms with van der Waals surface area (Å²) >= 11 is 1.24. The van der Waals surface area contributed by atoms with Gasteiger partial charge in [-0.1, -0.05) is 23.9 Å². The van der Waals surface area contributed by atoms with Crippen LogP contribution >= 0.6 is 11.8 Å². The Labute approximate surface area is 162 Å². The molecule has 0 aliphatic carbocycles. The SMILES string of the molecule is CSc1nc(-c2ccccc2OCn2nc([N+](=O)[O-])cc2C)c(C#N)c(=O)[nH]1. The van der Waals surface area contributed by atoms with Gasteiger partial charge in [0.25, 0.3) is 5.56 Å². The number of nitro groups is 1. The Morgan fingerprint density at radius 3 is 2.82 bits per heavy atom. The van der Waals surface area contributed by atoms with Gasteiger partial charge in [0.1, 0.15) is 23.1 Å². The van der Waals surface area contributed by atoms with E-state index in [4.69, 9.17) is 4.74 Å². The van der Waals surface area contributed by atoms with Crippen LogP contribution in [0.4, 0.5) is 5.82 Å². The molecule has 0 radical (unpaired) electrons. The van der Waals surface area contributed by atoms with E-state index in [-0.39, 0.29) is 23.8 Å². The number of aromatic nitrogens is 4. The smallest absolute Gasteiger partial charge is 0.390 e. The van der Waals surface area contributed by atoms with Crippen molar-refractivity contribution in [2.24, 2.45) is 0 Å². The van der Waals surface area contributed by atoms with Crippen LogP contribution in [0, 0.1) is 28.4 Å². The first kappa shape index (κ1) is 19.1. The van der Waals surface area contributed by atoms with Crippen molar-refractivity contribution in [2.45, 2.75) is 18.8 Å². The van der Waals surface area contributed by atoms with Gasteiger partial charge in [0.2, 0.25) is 6.73 Å². The van der Waals surface area contributed by atoms with E-state index in [2.05, 4.69) is 15.1 Å². The quantitative estimate of drug-likeness (QED) is 0.289. The minimum absolute atomic E-state index is 0.0862. The van der Waals surface area contributed by atoms with Crippen molar-refractivity contribution in [2.75, 3.05) is 6.26 Å². The van der Waals surface area contributed by atoms with Gasteiger partial charge in [-0.2, -0.15) is 5.26 Å². The van der Waals surface area contributed by atoms with Crippen molar-refractivity contribution in [1.29, 1.82) is 5.26 Å². The molecule has 3 rings (SSSR count). The number of ether oxygens (including phenoxy) is 1. The van der Waals surface area contributed by atoms with Crippen molar-refractivity contribution >= 4 is 17.6 Å². The molecule has 0 saturated carbocycles. The Morgan fingerprint density at radius 1 is 1.43 bits per heavy atom. The fourth-order valence-corrected chi connectivity index (χ4v) is 2.86. The molecule has 28 heavy (non-hydrogen) atoms. The summed E-state index contributed by atoms with van der Waals surface area (Å²) < 4.78 is 7.12. The van der Waals surface area contributed by atoms with E-state index in [1.165, 1.54) is 22.5 Å². The highest BCUT2D eigenvalue weighted by Gasteiger charge is 2.19. The van der Waals surface area contributed by atoms with Crippen LogP contribution in [0.25, 0.3) is 11.3 Å². The van der Waals surface area contributed by atoms with E-state index in [9.17, 15) is 20.2 Å². The summed E-state index contributed by atoms with van der Waals surface area (Å²) in [7, 11) is 0. The topological polar surface area (TPSA) is 140 Å². The number of nitrogens with one attached hydrogen (secondary N) is 1. The van der Waals surface area contributed by atoms with Gasteiger partial charge in [-0.05, 0) is 30.2 Å². The molecule has 3 aromatic rings. The number of nitriles is 1. The highest BCUT2D eigenvalue weighted by Crippen LogP contribution is 2.30. The average molecular weight is 398 g/mol. The molecular formula is C17H14N6O4S. The maximum absolute atomic E-state index is 12.2. The Morgan fingerprint density at radius 2 is 2.18 bits per heavy atom. The number of hydrogen-bond acceptors (Lipinski definition) is 8. The third-order valence-electron chi connectivity index (χ3n) is 3.84. The molecule has 1 N–H and O–H groups in total. The molecule has 11 heteroatoms. The number of thioether (sulfide) groups is 1. The lowest BCUT2D eigenvalue weighted by atomic mass is 10.1. The lowest BCUT2D eigenvalue weighted by molar-refractivity contribution is -0.389. The highest BCUT2D eigenvalue weighted by molar-refractivity contribution is 7.98. The van der Waals surface area contributed by atoms with Crippen LogP contribution in [0.15, 0.2) is 40.3 Å². The van der Waals surface area contributed by atoms with E-state index >= 15 is 0 Å². The van der Waals surface area contributed by atoms with Crippen LogP contribution in [0.3, 0.4) is 0 Å². The molecule has 10 nitrogen and oxygen atoms in total. The van der Waals surface area contributed by atoms with E-state index in [0.29, 0.717) is 22.2 Å². The molecule has 0 spiro atoms. The molecule has 0 aliphatic rings. The predicted molar refractivity (Wildman–Crippen MR) is 101 cm³/mol. The maximum Gasteiger partial charge on any atom is 0.390 e. The van der Waals surface area contributed by atoms with Gasteiger partial charge in [-0.25, -0.2) is 4.98 Å². The first-order valence-corrected chi connectivity index (χ1v) is 9.16. The Kier molecular flexibility index (Phi) is 5.42. The fraction of sp³-hybridized carbons (Fsp3) is 0.176. The van der Waals surface area contributed by atoms with Crippen molar-refractivity contribution in [3.05, 3.63) is 62.1 Å². The lowest BCUT2D eigenvalue weighted by Crippen LogP contribution is -2.15. The third-order valence-corrected chi connectivity index (χ3v) is 4.42. The molecule has 0 amide bonds. The summed E-state index contributed by atoms with van der Waals surface area (Å²) in [5, 5.41) is 24.5. The molecule has 0 fully saturated rings. The first-order chi connectivity index (χ1) is 13.4.